The van der Waals surface area contributed by atoms with Gasteiger partial charge in [0.1, 0.15) is 23.7 Å². The van der Waals surface area contributed by atoms with Crippen LogP contribution in [-0.2, 0) is 14.3 Å². The summed E-state index contributed by atoms with van der Waals surface area (Å²) in [6, 6.07) is 8.37. The zero-order chi connectivity index (χ0) is 18.6. The number of benzene rings is 2. The Labute approximate surface area is 153 Å². The molecule has 2 rings (SSSR count). The Morgan fingerprint density at radius 3 is 2.36 bits per heavy atom. The van der Waals surface area contributed by atoms with Gasteiger partial charge in [-0.2, -0.15) is 0 Å². The number of rotatable bonds is 5. The molecule has 7 heteroatoms. The molecule has 0 saturated carbocycles. The minimum absolute atomic E-state index is 0.129. The van der Waals surface area contributed by atoms with E-state index in [9.17, 15) is 14.7 Å². The first kappa shape index (κ1) is 18.8. The number of carbonyl (C=O) groups is 2. The van der Waals surface area contributed by atoms with E-state index in [1.54, 1.807) is 24.3 Å². The van der Waals surface area contributed by atoms with Gasteiger partial charge in [0.2, 0.25) is 5.91 Å². The quantitative estimate of drug-likeness (QED) is 0.576. The summed E-state index contributed by atoms with van der Waals surface area (Å²) < 4.78 is 10.9. The van der Waals surface area contributed by atoms with Gasteiger partial charge in [-0.15, -0.1) is 0 Å². The number of ether oxygens (including phenoxy) is 2. The van der Waals surface area contributed by atoms with Crippen molar-refractivity contribution in [3.8, 4) is 17.2 Å². The number of hydrogen-bond donors (Lipinski definition) is 2. The molecule has 0 aliphatic carbocycles. The fourth-order valence-corrected chi connectivity index (χ4v) is 2.62. The van der Waals surface area contributed by atoms with Gasteiger partial charge in [0.15, 0.2) is 0 Å². The maximum atomic E-state index is 11.8. The zero-order valence-electron chi connectivity index (χ0n) is 14.1. The molecule has 25 heavy (non-hydrogen) atoms. The second kappa shape index (κ2) is 8.02. The van der Waals surface area contributed by atoms with Gasteiger partial charge in [-0.3, -0.25) is 9.59 Å². The standard InChI is InChI=1S/C18H18BrNO5/c1-10-6-12(20-16(22)9-17(23)24-3)7-11(2)18(10)25-13-4-5-15(21)14(19)8-13/h4-8,21H,9H2,1-3H3,(H,20,22). The summed E-state index contributed by atoms with van der Waals surface area (Å²) >= 11 is 3.25. The molecule has 2 N–H and O–H groups in total. The van der Waals surface area contributed by atoms with Crippen molar-refractivity contribution in [3.63, 3.8) is 0 Å². The highest BCUT2D eigenvalue weighted by Gasteiger charge is 2.13. The molecule has 0 atom stereocenters. The molecule has 6 nitrogen and oxygen atoms in total. The average Bonchev–Trinajstić information content (AvgIpc) is 2.54. The lowest BCUT2D eigenvalue weighted by atomic mass is 10.1. The predicted molar refractivity (Wildman–Crippen MR) is 97.1 cm³/mol. The predicted octanol–water partition coefficient (Wildman–Crippen LogP) is 4.07. The first-order valence-electron chi connectivity index (χ1n) is 7.44. The number of hydrogen-bond acceptors (Lipinski definition) is 5. The highest BCUT2D eigenvalue weighted by molar-refractivity contribution is 9.10. The number of aryl methyl sites for hydroxylation is 2. The Bertz CT molecular complexity index is 796. The number of phenolic OH excluding ortho intramolecular Hbond substituents is 1. The van der Waals surface area contributed by atoms with E-state index < -0.39 is 11.9 Å². The lowest BCUT2D eigenvalue weighted by Crippen LogP contribution is -2.17. The largest absolute Gasteiger partial charge is 0.507 e. The minimum Gasteiger partial charge on any atom is -0.507 e. The topological polar surface area (TPSA) is 84.9 Å². The van der Waals surface area contributed by atoms with Crippen LogP contribution in [0.4, 0.5) is 5.69 Å². The first-order valence-corrected chi connectivity index (χ1v) is 8.23. The summed E-state index contributed by atoms with van der Waals surface area (Å²) in [5.74, 6) is 0.317. The zero-order valence-corrected chi connectivity index (χ0v) is 15.6. The van der Waals surface area contributed by atoms with Gasteiger partial charge < -0.3 is 19.9 Å². The maximum absolute atomic E-state index is 11.8. The summed E-state index contributed by atoms with van der Waals surface area (Å²) in [4.78, 5) is 22.9. The van der Waals surface area contributed by atoms with Crippen LogP contribution >= 0.6 is 15.9 Å². The fourth-order valence-electron chi connectivity index (χ4n) is 2.26. The molecule has 0 aromatic heterocycles. The smallest absolute Gasteiger partial charge is 0.315 e. The van der Waals surface area contributed by atoms with E-state index >= 15 is 0 Å². The molecule has 0 bridgehead atoms. The highest BCUT2D eigenvalue weighted by atomic mass is 79.9. The van der Waals surface area contributed by atoms with Gasteiger partial charge in [0.25, 0.3) is 0 Å². The van der Waals surface area contributed by atoms with Gasteiger partial charge in [-0.25, -0.2) is 0 Å². The van der Waals surface area contributed by atoms with Crippen LogP contribution in [0.25, 0.3) is 0 Å². The Morgan fingerprint density at radius 1 is 1.16 bits per heavy atom. The molecule has 0 aliphatic rings. The van der Waals surface area contributed by atoms with Gasteiger partial charge in [-0.05, 0) is 71.2 Å². The number of aromatic hydroxyl groups is 1. The van der Waals surface area contributed by atoms with Crippen molar-refractivity contribution in [1.82, 2.24) is 0 Å². The van der Waals surface area contributed by atoms with Crippen molar-refractivity contribution in [2.24, 2.45) is 0 Å². The van der Waals surface area contributed by atoms with Gasteiger partial charge in [0.05, 0.1) is 11.6 Å². The van der Waals surface area contributed by atoms with E-state index in [0.717, 1.165) is 11.1 Å². The molecular weight excluding hydrogens is 390 g/mol. The van der Waals surface area contributed by atoms with Crippen LogP contribution in [-0.4, -0.2) is 24.1 Å². The third-order valence-electron chi connectivity index (χ3n) is 3.42. The Hall–Kier alpha value is -2.54. The number of carbonyl (C=O) groups excluding carboxylic acids is 2. The molecule has 0 aliphatic heterocycles. The molecule has 0 heterocycles. The number of halogens is 1. The Balaban J connectivity index is 2.17. The third kappa shape index (κ3) is 4.96. The van der Waals surface area contributed by atoms with E-state index in [0.29, 0.717) is 21.7 Å². The summed E-state index contributed by atoms with van der Waals surface area (Å²) in [5, 5.41) is 12.2. The van der Waals surface area contributed by atoms with Crippen LogP contribution in [0.1, 0.15) is 17.5 Å². The second-order valence-corrected chi connectivity index (χ2v) is 6.31. The van der Waals surface area contributed by atoms with Crippen molar-refractivity contribution in [3.05, 3.63) is 45.9 Å². The molecule has 0 spiro atoms. The van der Waals surface area contributed by atoms with E-state index in [4.69, 9.17) is 4.74 Å². The number of methoxy groups -OCH3 is 1. The van der Waals surface area contributed by atoms with Crippen LogP contribution in [0.2, 0.25) is 0 Å². The molecule has 0 saturated heterocycles. The summed E-state index contributed by atoms with van der Waals surface area (Å²) in [6.45, 7) is 3.71. The van der Waals surface area contributed by atoms with Gasteiger partial charge in [-0.1, -0.05) is 0 Å². The van der Waals surface area contributed by atoms with Crippen molar-refractivity contribution in [2.45, 2.75) is 20.3 Å². The minimum atomic E-state index is -0.594. The van der Waals surface area contributed by atoms with Crippen LogP contribution in [0.15, 0.2) is 34.8 Å². The van der Waals surface area contributed by atoms with Crippen LogP contribution in [0.5, 0.6) is 17.2 Å². The lowest BCUT2D eigenvalue weighted by molar-refractivity contribution is -0.142. The molecule has 2 aromatic rings. The fraction of sp³-hybridized carbons (Fsp3) is 0.222. The lowest BCUT2D eigenvalue weighted by Gasteiger charge is -2.15. The van der Waals surface area contributed by atoms with E-state index in [2.05, 4.69) is 26.0 Å². The SMILES string of the molecule is COC(=O)CC(=O)Nc1cc(C)c(Oc2ccc(O)c(Br)c2)c(C)c1. The van der Waals surface area contributed by atoms with Crippen LogP contribution in [0, 0.1) is 13.8 Å². The van der Waals surface area contributed by atoms with E-state index in [1.807, 2.05) is 13.8 Å². The molecule has 1 amide bonds. The molecule has 2 aromatic carbocycles. The maximum Gasteiger partial charge on any atom is 0.315 e. The molecule has 0 unspecified atom stereocenters. The Kier molecular flexibility index (Phi) is 6.03. The summed E-state index contributed by atoms with van der Waals surface area (Å²) in [5.41, 5.74) is 2.21. The van der Waals surface area contributed by atoms with Crippen molar-refractivity contribution >= 4 is 33.5 Å². The second-order valence-electron chi connectivity index (χ2n) is 5.46. The molecule has 0 radical (unpaired) electrons. The highest BCUT2D eigenvalue weighted by Crippen LogP contribution is 2.34. The summed E-state index contributed by atoms with van der Waals surface area (Å²) in [6.07, 6.45) is -0.339. The van der Waals surface area contributed by atoms with Crippen molar-refractivity contribution < 1.29 is 24.2 Å². The monoisotopic (exact) mass is 407 g/mol. The number of phenols is 1. The number of esters is 1. The third-order valence-corrected chi connectivity index (χ3v) is 4.05. The van der Waals surface area contributed by atoms with Crippen molar-refractivity contribution in [1.29, 1.82) is 0 Å². The van der Waals surface area contributed by atoms with E-state index in [-0.39, 0.29) is 12.2 Å². The first-order chi connectivity index (χ1) is 11.8. The normalized spacial score (nSPS) is 10.2. The van der Waals surface area contributed by atoms with Crippen LogP contribution < -0.4 is 10.1 Å². The molecule has 132 valence electrons. The number of nitrogens with one attached hydrogen (secondary N) is 1. The molecule has 0 fully saturated rings. The Morgan fingerprint density at radius 2 is 1.80 bits per heavy atom. The average molecular weight is 408 g/mol. The van der Waals surface area contributed by atoms with E-state index in [1.165, 1.54) is 13.2 Å². The summed E-state index contributed by atoms with van der Waals surface area (Å²) in [7, 11) is 1.23. The van der Waals surface area contributed by atoms with Gasteiger partial charge >= 0.3 is 5.97 Å². The molecular formula is C18H18BrNO5. The number of anilines is 1. The van der Waals surface area contributed by atoms with Crippen molar-refractivity contribution in [2.75, 3.05) is 12.4 Å². The van der Waals surface area contributed by atoms with Crippen LogP contribution in [0.3, 0.4) is 0 Å². The van der Waals surface area contributed by atoms with Gasteiger partial charge in [0, 0.05) is 5.69 Å². The number of amides is 1.